The van der Waals surface area contributed by atoms with Gasteiger partial charge < -0.3 is 24.0 Å². The molecule has 0 fully saturated rings. The first-order valence-electron chi connectivity index (χ1n) is 11.3. The number of nitrogens with one attached hydrogen (secondary N) is 1. The molecule has 2 heterocycles. The number of ketones is 1. The number of nitrogens with zero attached hydrogens (tertiary/aromatic N) is 3. The Morgan fingerprint density at radius 2 is 1.97 bits per heavy atom. The third-order valence-electron chi connectivity index (χ3n) is 6.35. The van der Waals surface area contributed by atoms with Crippen molar-refractivity contribution >= 4 is 17.3 Å². The summed E-state index contributed by atoms with van der Waals surface area (Å²) >= 11 is 0. The molecule has 35 heavy (non-hydrogen) atoms. The van der Waals surface area contributed by atoms with Gasteiger partial charge in [0, 0.05) is 17.7 Å². The van der Waals surface area contributed by atoms with E-state index in [-0.39, 0.29) is 53.7 Å². The molecule has 1 N–H and O–H groups in total. The van der Waals surface area contributed by atoms with E-state index in [1.165, 1.54) is 19.1 Å². The lowest BCUT2D eigenvalue weighted by molar-refractivity contribution is 0.0962. The molecule has 0 amide bonds. The second kappa shape index (κ2) is 9.10. The zero-order valence-corrected chi connectivity index (χ0v) is 20.6. The van der Waals surface area contributed by atoms with E-state index in [9.17, 15) is 10.1 Å². The Labute approximate surface area is 204 Å². The molecule has 0 spiro atoms. The van der Waals surface area contributed by atoms with Crippen molar-refractivity contribution in [1.29, 1.82) is 10.7 Å². The van der Waals surface area contributed by atoms with Crippen molar-refractivity contribution in [3.05, 3.63) is 46.3 Å². The molecule has 8 nitrogen and oxygen atoms in total. The van der Waals surface area contributed by atoms with Gasteiger partial charge in [-0.3, -0.25) is 10.2 Å². The van der Waals surface area contributed by atoms with Gasteiger partial charge >= 0.3 is 0 Å². The predicted octanol–water partition coefficient (Wildman–Crippen LogP) is 3.89. The van der Waals surface area contributed by atoms with Crippen molar-refractivity contribution in [3.8, 4) is 23.3 Å². The molecule has 4 rings (SSSR count). The number of rotatable bonds is 6. The highest BCUT2D eigenvalue weighted by molar-refractivity contribution is 6.06. The molecule has 184 valence electrons. The van der Waals surface area contributed by atoms with Crippen LogP contribution in [0.1, 0.15) is 47.8 Å². The number of halogens is 1. The van der Waals surface area contributed by atoms with Crippen LogP contribution in [0.3, 0.4) is 0 Å². The lowest BCUT2D eigenvalue weighted by atomic mass is 9.84. The molecule has 0 radical (unpaired) electrons. The van der Waals surface area contributed by atoms with Crippen LogP contribution in [0, 0.1) is 22.6 Å². The molecule has 0 saturated carbocycles. The summed E-state index contributed by atoms with van der Waals surface area (Å²) in [6.07, 6.45) is 0. The fourth-order valence-corrected chi connectivity index (χ4v) is 4.57. The lowest BCUT2D eigenvalue weighted by Crippen LogP contribution is -2.35. The SMILES string of the molecule is COc1cc2c(c(F)c1OC)C(=N)N(CC(=O)c1cc3c(c(C(C)(C)C)c1)OCCN3CC#N)C2. The summed E-state index contributed by atoms with van der Waals surface area (Å²) in [5.41, 5.74) is 2.43. The van der Waals surface area contributed by atoms with Crippen molar-refractivity contribution in [2.45, 2.75) is 32.7 Å². The number of ether oxygens (including phenoxy) is 3. The minimum Gasteiger partial charge on any atom is -0.493 e. The van der Waals surface area contributed by atoms with Gasteiger partial charge in [-0.15, -0.1) is 0 Å². The zero-order chi connectivity index (χ0) is 25.5. The van der Waals surface area contributed by atoms with E-state index in [0.717, 1.165) is 5.56 Å². The van der Waals surface area contributed by atoms with Crippen molar-refractivity contribution in [2.24, 2.45) is 0 Å². The smallest absolute Gasteiger partial charge is 0.197 e. The van der Waals surface area contributed by atoms with Crippen molar-refractivity contribution in [2.75, 3.05) is 45.4 Å². The van der Waals surface area contributed by atoms with Crippen LogP contribution in [0.5, 0.6) is 17.2 Å². The van der Waals surface area contributed by atoms with E-state index in [1.807, 2.05) is 31.7 Å². The molecule has 0 atom stereocenters. The number of nitriles is 1. The van der Waals surface area contributed by atoms with Crippen LogP contribution in [0.15, 0.2) is 18.2 Å². The summed E-state index contributed by atoms with van der Waals surface area (Å²) in [6.45, 7) is 7.44. The van der Waals surface area contributed by atoms with Gasteiger partial charge in [0.15, 0.2) is 23.1 Å². The van der Waals surface area contributed by atoms with Gasteiger partial charge in [0.2, 0.25) is 0 Å². The van der Waals surface area contributed by atoms with E-state index >= 15 is 4.39 Å². The first-order valence-corrected chi connectivity index (χ1v) is 11.3. The summed E-state index contributed by atoms with van der Waals surface area (Å²) < 4.78 is 31.4. The Morgan fingerprint density at radius 3 is 2.60 bits per heavy atom. The molecule has 2 aromatic rings. The number of hydrogen-bond donors (Lipinski definition) is 1. The fourth-order valence-electron chi connectivity index (χ4n) is 4.57. The standard InChI is InChI=1S/C26H29FN4O4/c1-26(2,3)17-10-15(11-18-23(17)35-9-8-30(18)7-6-28)19(32)14-31-13-16-12-20(33-4)24(34-5)22(27)21(16)25(31)29/h10-12,29H,7-9,13-14H2,1-5H3. The molecule has 0 aliphatic carbocycles. The molecule has 2 aromatic carbocycles. The number of hydrogen-bond acceptors (Lipinski definition) is 7. The van der Waals surface area contributed by atoms with Gasteiger partial charge in [-0.1, -0.05) is 20.8 Å². The normalized spacial score (nSPS) is 14.7. The van der Waals surface area contributed by atoms with E-state index < -0.39 is 5.82 Å². The van der Waals surface area contributed by atoms with Gasteiger partial charge in [-0.2, -0.15) is 5.26 Å². The molecule has 0 saturated heterocycles. The van der Waals surface area contributed by atoms with Crippen LogP contribution in [-0.4, -0.2) is 57.0 Å². The maximum absolute atomic E-state index is 15.1. The number of Topliss-reactive ketones (excluding diaryl/α,β-unsaturated/α-hetero) is 1. The predicted molar refractivity (Wildman–Crippen MR) is 130 cm³/mol. The largest absolute Gasteiger partial charge is 0.493 e. The Hall–Kier alpha value is -3.80. The summed E-state index contributed by atoms with van der Waals surface area (Å²) in [5.74, 6) is -0.0842. The molecule has 2 aliphatic rings. The Balaban J connectivity index is 1.68. The Bertz CT molecular complexity index is 1250. The fraction of sp³-hybridized carbons (Fsp3) is 0.423. The third-order valence-corrected chi connectivity index (χ3v) is 6.35. The van der Waals surface area contributed by atoms with Crippen LogP contribution in [0.25, 0.3) is 0 Å². The second-order valence-electron chi connectivity index (χ2n) is 9.64. The third kappa shape index (κ3) is 4.25. The molecule has 0 aromatic heterocycles. The molecule has 0 unspecified atom stereocenters. The van der Waals surface area contributed by atoms with E-state index in [1.54, 1.807) is 12.1 Å². The number of benzene rings is 2. The average Bonchev–Trinajstić information content (AvgIpc) is 3.13. The van der Waals surface area contributed by atoms with Gasteiger partial charge in [0.25, 0.3) is 0 Å². The maximum Gasteiger partial charge on any atom is 0.197 e. The quantitative estimate of drug-likeness (QED) is 0.495. The van der Waals surface area contributed by atoms with Gasteiger partial charge in [0.05, 0.1) is 44.6 Å². The lowest BCUT2D eigenvalue weighted by Gasteiger charge is -2.34. The number of anilines is 1. The Morgan fingerprint density at radius 1 is 1.23 bits per heavy atom. The number of carbonyl (C=O) groups is 1. The highest BCUT2D eigenvalue weighted by Crippen LogP contribution is 2.42. The van der Waals surface area contributed by atoms with Gasteiger partial charge in [0.1, 0.15) is 24.7 Å². The van der Waals surface area contributed by atoms with Crippen LogP contribution in [-0.2, 0) is 12.0 Å². The molecule has 0 bridgehead atoms. The first kappa shape index (κ1) is 24.3. The summed E-state index contributed by atoms with van der Waals surface area (Å²) in [6, 6.07) is 7.40. The maximum atomic E-state index is 15.1. The van der Waals surface area contributed by atoms with Crippen molar-refractivity contribution < 1.29 is 23.4 Å². The van der Waals surface area contributed by atoms with Crippen LogP contribution < -0.4 is 19.1 Å². The average molecular weight is 481 g/mol. The Kier molecular flexibility index (Phi) is 6.32. The number of carbonyl (C=O) groups excluding carboxylic acids is 1. The van der Waals surface area contributed by atoms with Crippen LogP contribution in [0.4, 0.5) is 10.1 Å². The number of fused-ring (bicyclic) bond motifs is 2. The second-order valence-corrected chi connectivity index (χ2v) is 9.64. The van der Waals surface area contributed by atoms with E-state index in [4.69, 9.17) is 19.6 Å². The van der Waals surface area contributed by atoms with Crippen LogP contribution >= 0.6 is 0 Å². The van der Waals surface area contributed by atoms with Crippen LogP contribution in [0.2, 0.25) is 0 Å². The van der Waals surface area contributed by atoms with Crippen molar-refractivity contribution in [3.63, 3.8) is 0 Å². The summed E-state index contributed by atoms with van der Waals surface area (Å²) in [7, 11) is 2.77. The topological polar surface area (TPSA) is 98.9 Å². The summed E-state index contributed by atoms with van der Waals surface area (Å²) in [5, 5.41) is 17.8. The van der Waals surface area contributed by atoms with E-state index in [2.05, 4.69) is 6.07 Å². The molecule has 9 heteroatoms. The monoisotopic (exact) mass is 480 g/mol. The minimum atomic E-state index is -0.671. The minimum absolute atomic E-state index is 0.0636. The van der Waals surface area contributed by atoms with Crippen molar-refractivity contribution in [1.82, 2.24) is 4.90 Å². The van der Waals surface area contributed by atoms with E-state index in [0.29, 0.717) is 35.7 Å². The number of amidine groups is 1. The molecular weight excluding hydrogens is 451 g/mol. The highest BCUT2D eigenvalue weighted by atomic mass is 19.1. The van der Waals surface area contributed by atoms with Gasteiger partial charge in [-0.05, 0) is 29.2 Å². The van der Waals surface area contributed by atoms with Gasteiger partial charge in [-0.25, -0.2) is 4.39 Å². The molecular formula is C26H29FN4O4. The highest BCUT2D eigenvalue weighted by Gasteiger charge is 2.34. The first-order chi connectivity index (χ1) is 16.6. The number of methoxy groups -OCH3 is 2. The zero-order valence-electron chi connectivity index (χ0n) is 20.6. The molecule has 2 aliphatic heterocycles. The summed E-state index contributed by atoms with van der Waals surface area (Å²) in [4.78, 5) is 16.9.